The van der Waals surface area contributed by atoms with Gasteiger partial charge in [0.15, 0.2) is 0 Å². The van der Waals surface area contributed by atoms with Crippen LogP contribution in [-0.4, -0.2) is 25.0 Å². The van der Waals surface area contributed by atoms with Crippen LogP contribution in [0.25, 0.3) is 0 Å². The van der Waals surface area contributed by atoms with Gasteiger partial charge in [0, 0.05) is 5.69 Å². The summed E-state index contributed by atoms with van der Waals surface area (Å²) in [7, 11) is 0. The van der Waals surface area contributed by atoms with Crippen LogP contribution in [0.4, 0.5) is 5.69 Å². The molecule has 126 valence electrons. The lowest BCUT2D eigenvalue weighted by Crippen LogP contribution is -2.33. The van der Waals surface area contributed by atoms with Crippen molar-refractivity contribution in [2.45, 2.75) is 20.3 Å². The van der Waals surface area contributed by atoms with Crippen molar-refractivity contribution in [3.63, 3.8) is 0 Å². The van der Waals surface area contributed by atoms with E-state index in [1.54, 1.807) is 24.3 Å². The molecule has 0 saturated heterocycles. The van der Waals surface area contributed by atoms with Gasteiger partial charge in [-0.15, -0.1) is 0 Å². The molecule has 24 heavy (non-hydrogen) atoms. The van der Waals surface area contributed by atoms with Gasteiger partial charge >= 0.3 is 0 Å². The second-order valence-electron chi connectivity index (χ2n) is 5.39. The molecule has 0 aliphatic rings. The van der Waals surface area contributed by atoms with Gasteiger partial charge in [-0.05, 0) is 49.2 Å². The summed E-state index contributed by atoms with van der Waals surface area (Å²) in [5.41, 5.74) is 2.69. The van der Waals surface area contributed by atoms with Crippen LogP contribution in [0.2, 0.25) is 0 Å². The molecule has 0 unspecified atom stereocenters. The highest BCUT2D eigenvalue weighted by atomic mass is 16.5. The molecule has 5 nitrogen and oxygen atoms in total. The number of hydrogen-bond acceptors (Lipinski definition) is 3. The Morgan fingerprint density at radius 2 is 1.71 bits per heavy atom. The summed E-state index contributed by atoms with van der Waals surface area (Å²) in [6.07, 6.45) is 0.267. The fourth-order valence-electron chi connectivity index (χ4n) is 2.23. The van der Waals surface area contributed by atoms with Crippen molar-refractivity contribution in [3.8, 4) is 5.75 Å². The third kappa shape index (κ3) is 5.43. The van der Waals surface area contributed by atoms with Gasteiger partial charge in [0.1, 0.15) is 5.75 Å². The maximum absolute atomic E-state index is 11.9. The first kappa shape index (κ1) is 17.5. The normalized spacial score (nSPS) is 10.1. The van der Waals surface area contributed by atoms with Crippen molar-refractivity contribution in [1.29, 1.82) is 0 Å². The SMILES string of the molecule is CCOc1ccc(NC(=O)CNC(=O)Cc2ccccc2C)cc1. The second-order valence-corrected chi connectivity index (χ2v) is 5.39. The molecule has 0 aliphatic carbocycles. The van der Waals surface area contributed by atoms with Crippen LogP contribution in [0.15, 0.2) is 48.5 Å². The Balaban J connectivity index is 1.78. The minimum atomic E-state index is -0.266. The molecule has 2 aromatic carbocycles. The van der Waals surface area contributed by atoms with E-state index in [1.165, 1.54) is 0 Å². The molecule has 0 aliphatic heterocycles. The number of benzene rings is 2. The highest BCUT2D eigenvalue weighted by Gasteiger charge is 2.08. The number of carbonyl (C=O) groups excluding carboxylic acids is 2. The van der Waals surface area contributed by atoms with Crippen LogP contribution in [0.5, 0.6) is 5.75 Å². The molecule has 2 amide bonds. The summed E-state index contributed by atoms with van der Waals surface area (Å²) in [4.78, 5) is 23.8. The number of ether oxygens (including phenoxy) is 1. The fraction of sp³-hybridized carbons (Fsp3) is 0.263. The zero-order valence-corrected chi connectivity index (χ0v) is 14.0. The first-order valence-electron chi connectivity index (χ1n) is 7.92. The Morgan fingerprint density at radius 3 is 2.38 bits per heavy atom. The number of aryl methyl sites for hydroxylation is 1. The van der Waals surface area contributed by atoms with E-state index in [2.05, 4.69) is 10.6 Å². The van der Waals surface area contributed by atoms with E-state index in [0.29, 0.717) is 12.3 Å². The van der Waals surface area contributed by atoms with Gasteiger partial charge in [-0.3, -0.25) is 9.59 Å². The molecule has 0 heterocycles. The van der Waals surface area contributed by atoms with Crippen LogP contribution in [0, 0.1) is 6.92 Å². The molecular formula is C19H22N2O3. The van der Waals surface area contributed by atoms with Crippen molar-refractivity contribution in [2.24, 2.45) is 0 Å². The minimum absolute atomic E-state index is 0.0576. The largest absolute Gasteiger partial charge is 0.494 e. The minimum Gasteiger partial charge on any atom is -0.494 e. The first-order valence-corrected chi connectivity index (χ1v) is 7.92. The zero-order valence-electron chi connectivity index (χ0n) is 14.0. The Morgan fingerprint density at radius 1 is 1.00 bits per heavy atom. The Labute approximate surface area is 142 Å². The third-order valence-electron chi connectivity index (χ3n) is 3.51. The molecule has 0 saturated carbocycles. The van der Waals surface area contributed by atoms with E-state index in [1.807, 2.05) is 38.1 Å². The Bertz CT molecular complexity index is 696. The van der Waals surface area contributed by atoms with E-state index in [-0.39, 0.29) is 24.8 Å². The fourth-order valence-corrected chi connectivity index (χ4v) is 2.23. The summed E-state index contributed by atoms with van der Waals surface area (Å²) >= 11 is 0. The van der Waals surface area contributed by atoms with E-state index in [4.69, 9.17) is 4.74 Å². The lowest BCUT2D eigenvalue weighted by molar-refractivity contribution is -0.123. The maximum Gasteiger partial charge on any atom is 0.243 e. The summed E-state index contributed by atoms with van der Waals surface area (Å²) in [6.45, 7) is 4.41. The van der Waals surface area contributed by atoms with Gasteiger partial charge in [0.25, 0.3) is 0 Å². The quantitative estimate of drug-likeness (QED) is 0.822. The van der Waals surface area contributed by atoms with E-state index >= 15 is 0 Å². The summed E-state index contributed by atoms with van der Waals surface area (Å²) < 4.78 is 5.34. The van der Waals surface area contributed by atoms with Crippen molar-refractivity contribution >= 4 is 17.5 Å². The standard InChI is InChI=1S/C19H22N2O3/c1-3-24-17-10-8-16(9-11-17)21-19(23)13-20-18(22)12-15-7-5-4-6-14(15)2/h4-11H,3,12-13H2,1-2H3,(H,20,22)(H,21,23). The molecule has 2 rings (SSSR count). The average Bonchev–Trinajstić information content (AvgIpc) is 2.57. The van der Waals surface area contributed by atoms with Crippen molar-refractivity contribution < 1.29 is 14.3 Å². The second kappa shape index (κ2) is 8.72. The number of carbonyl (C=O) groups is 2. The van der Waals surface area contributed by atoms with Gasteiger partial charge in [-0.1, -0.05) is 24.3 Å². The number of amides is 2. The number of hydrogen-bond donors (Lipinski definition) is 2. The lowest BCUT2D eigenvalue weighted by atomic mass is 10.1. The van der Waals surface area contributed by atoms with Crippen LogP contribution in [-0.2, 0) is 16.0 Å². The molecule has 0 atom stereocenters. The Hall–Kier alpha value is -2.82. The molecule has 0 spiro atoms. The number of nitrogens with one attached hydrogen (secondary N) is 2. The number of rotatable bonds is 7. The topological polar surface area (TPSA) is 67.4 Å². The van der Waals surface area contributed by atoms with E-state index < -0.39 is 0 Å². The molecule has 0 aromatic heterocycles. The summed E-state index contributed by atoms with van der Waals surface area (Å²) in [5, 5.41) is 5.37. The summed E-state index contributed by atoms with van der Waals surface area (Å²) in [6, 6.07) is 14.8. The van der Waals surface area contributed by atoms with Crippen molar-refractivity contribution in [1.82, 2.24) is 5.32 Å². The first-order chi connectivity index (χ1) is 11.6. The third-order valence-corrected chi connectivity index (χ3v) is 3.51. The van der Waals surface area contributed by atoms with Crippen LogP contribution >= 0.6 is 0 Å². The van der Waals surface area contributed by atoms with E-state index in [0.717, 1.165) is 16.9 Å². The smallest absolute Gasteiger partial charge is 0.243 e. The molecular weight excluding hydrogens is 304 g/mol. The van der Waals surface area contributed by atoms with Crippen molar-refractivity contribution in [2.75, 3.05) is 18.5 Å². The highest BCUT2D eigenvalue weighted by molar-refractivity contribution is 5.94. The van der Waals surface area contributed by atoms with Gasteiger partial charge in [-0.25, -0.2) is 0 Å². The van der Waals surface area contributed by atoms with Crippen LogP contribution in [0.1, 0.15) is 18.1 Å². The molecule has 5 heteroatoms. The molecule has 0 radical (unpaired) electrons. The van der Waals surface area contributed by atoms with Crippen LogP contribution in [0.3, 0.4) is 0 Å². The average molecular weight is 326 g/mol. The van der Waals surface area contributed by atoms with Gasteiger partial charge < -0.3 is 15.4 Å². The van der Waals surface area contributed by atoms with E-state index in [9.17, 15) is 9.59 Å². The van der Waals surface area contributed by atoms with Gasteiger partial charge in [0.2, 0.25) is 11.8 Å². The zero-order chi connectivity index (χ0) is 17.4. The molecule has 0 fully saturated rings. The predicted octanol–water partition coefficient (Wildman–Crippen LogP) is 2.69. The Kier molecular flexibility index (Phi) is 6.37. The summed E-state index contributed by atoms with van der Waals surface area (Å²) in [5.74, 6) is 0.311. The highest BCUT2D eigenvalue weighted by Crippen LogP contribution is 2.15. The molecule has 2 N–H and O–H groups in total. The number of anilines is 1. The molecule has 0 bridgehead atoms. The van der Waals surface area contributed by atoms with Gasteiger partial charge in [0.05, 0.1) is 19.6 Å². The maximum atomic E-state index is 11.9. The van der Waals surface area contributed by atoms with Gasteiger partial charge in [-0.2, -0.15) is 0 Å². The lowest BCUT2D eigenvalue weighted by Gasteiger charge is -2.09. The van der Waals surface area contributed by atoms with Crippen LogP contribution < -0.4 is 15.4 Å². The predicted molar refractivity (Wildman–Crippen MR) is 94.1 cm³/mol. The monoisotopic (exact) mass is 326 g/mol. The molecule has 2 aromatic rings. The van der Waals surface area contributed by atoms with Crippen molar-refractivity contribution in [3.05, 3.63) is 59.7 Å².